The molecule has 7 heteroatoms. The van der Waals surface area contributed by atoms with Crippen LogP contribution in [0.3, 0.4) is 0 Å². The van der Waals surface area contributed by atoms with E-state index in [1.54, 1.807) is 19.1 Å². The van der Waals surface area contributed by atoms with E-state index in [-0.39, 0.29) is 6.61 Å². The molecule has 0 aliphatic heterocycles. The molecule has 0 heterocycles. The number of ether oxygens (including phenoxy) is 2. The molecule has 0 aromatic heterocycles. The highest BCUT2D eigenvalue weighted by Crippen LogP contribution is 2.23. The van der Waals surface area contributed by atoms with E-state index >= 15 is 0 Å². The molecule has 0 unspecified atom stereocenters. The van der Waals surface area contributed by atoms with Gasteiger partial charge in [0.15, 0.2) is 0 Å². The summed E-state index contributed by atoms with van der Waals surface area (Å²) in [7, 11) is -2.05. The van der Waals surface area contributed by atoms with Crippen molar-refractivity contribution in [1.82, 2.24) is 0 Å². The second kappa shape index (κ2) is 8.31. The highest BCUT2D eigenvalue weighted by atomic mass is 32.2. The summed E-state index contributed by atoms with van der Waals surface area (Å²) in [6, 6.07) is 7.32. The van der Waals surface area contributed by atoms with Crippen LogP contribution in [-0.4, -0.2) is 40.0 Å². The Morgan fingerprint density at radius 1 is 1.22 bits per heavy atom. The van der Waals surface area contributed by atoms with Crippen LogP contribution < -0.4 is 4.74 Å². The predicted octanol–water partition coefficient (Wildman–Crippen LogP) is 2.32. The van der Waals surface area contributed by atoms with Crippen molar-refractivity contribution in [2.24, 2.45) is 0 Å². The topological polar surface area (TPSA) is 78.9 Å². The molecule has 1 rings (SSSR count). The first-order valence-corrected chi connectivity index (χ1v) is 9.22. The van der Waals surface area contributed by atoms with Crippen LogP contribution in [0.1, 0.15) is 32.3 Å². The summed E-state index contributed by atoms with van der Waals surface area (Å²) >= 11 is 0. The van der Waals surface area contributed by atoms with E-state index in [1.165, 1.54) is 7.11 Å². The Hall–Kier alpha value is -1.60. The maximum Gasteiger partial charge on any atom is 0.349 e. The first-order chi connectivity index (χ1) is 10.7. The average molecular weight is 344 g/mol. The van der Waals surface area contributed by atoms with E-state index in [9.17, 15) is 13.2 Å². The molecule has 23 heavy (non-hydrogen) atoms. The molecule has 1 aromatic carbocycles. The molecule has 0 aliphatic carbocycles. The van der Waals surface area contributed by atoms with Crippen molar-refractivity contribution in [1.29, 1.82) is 0 Å². The summed E-state index contributed by atoms with van der Waals surface area (Å²) in [6.45, 7) is 3.70. The van der Waals surface area contributed by atoms with Crippen LogP contribution in [0, 0.1) is 0 Å². The van der Waals surface area contributed by atoms with Gasteiger partial charge in [0.2, 0.25) is 5.60 Å². The molecule has 1 aromatic rings. The van der Waals surface area contributed by atoms with Gasteiger partial charge in [-0.25, -0.2) is 4.79 Å². The molecule has 0 aliphatic rings. The number of carbonyl (C=O) groups excluding carboxylic acids is 1. The highest BCUT2D eigenvalue weighted by molar-refractivity contribution is 7.85. The van der Waals surface area contributed by atoms with Gasteiger partial charge in [-0.05, 0) is 43.9 Å². The molecule has 0 fully saturated rings. The lowest BCUT2D eigenvalue weighted by atomic mass is 10.0. The minimum Gasteiger partial charge on any atom is -0.476 e. The smallest absolute Gasteiger partial charge is 0.349 e. The number of esters is 1. The fraction of sp³-hybridized carbons (Fsp3) is 0.562. The van der Waals surface area contributed by atoms with Crippen molar-refractivity contribution in [3.8, 4) is 5.75 Å². The number of hydrogen-bond acceptors (Lipinski definition) is 6. The van der Waals surface area contributed by atoms with Gasteiger partial charge in [-0.3, -0.25) is 4.18 Å². The van der Waals surface area contributed by atoms with E-state index in [0.29, 0.717) is 25.0 Å². The maximum absolute atomic E-state index is 11.8. The van der Waals surface area contributed by atoms with Gasteiger partial charge in [0.25, 0.3) is 10.1 Å². The second-order valence-corrected chi connectivity index (χ2v) is 7.10. The molecule has 0 amide bonds. The van der Waals surface area contributed by atoms with E-state index in [0.717, 1.165) is 11.8 Å². The number of rotatable bonds is 9. The van der Waals surface area contributed by atoms with E-state index in [2.05, 4.69) is 0 Å². The molecule has 0 N–H and O–H groups in total. The standard InChI is InChI=1S/C16H24O6S/c1-5-16(2,15(17)20-3)22-14-10-8-13(9-11-14)7-6-12-21-23(4,18)19/h8-11H,5-7,12H2,1-4H3/t16-/m0/s1. The molecular formula is C16H24O6S. The minimum absolute atomic E-state index is 0.160. The fourth-order valence-electron chi connectivity index (χ4n) is 1.94. The predicted molar refractivity (Wildman–Crippen MR) is 86.9 cm³/mol. The van der Waals surface area contributed by atoms with Gasteiger partial charge < -0.3 is 9.47 Å². The normalized spacial score (nSPS) is 14.1. The SMILES string of the molecule is CC[C@](C)(Oc1ccc(CCCOS(C)(=O)=O)cc1)C(=O)OC. The molecule has 0 bridgehead atoms. The van der Waals surface area contributed by atoms with Gasteiger partial charge >= 0.3 is 5.97 Å². The molecular weight excluding hydrogens is 320 g/mol. The summed E-state index contributed by atoms with van der Waals surface area (Å²) in [5.74, 6) is 0.165. The molecule has 6 nitrogen and oxygen atoms in total. The van der Waals surface area contributed by atoms with Crippen molar-refractivity contribution in [3.05, 3.63) is 29.8 Å². The third-order valence-electron chi connectivity index (χ3n) is 3.47. The Balaban J connectivity index is 2.58. The lowest BCUT2D eigenvalue weighted by Gasteiger charge is -2.26. The molecule has 0 saturated carbocycles. The zero-order valence-electron chi connectivity index (χ0n) is 14.0. The monoisotopic (exact) mass is 344 g/mol. The molecule has 1 atom stereocenters. The molecule has 130 valence electrons. The van der Waals surface area contributed by atoms with Crippen molar-refractivity contribution in [2.45, 2.75) is 38.7 Å². The summed E-state index contributed by atoms with van der Waals surface area (Å²) < 4.78 is 36.9. The number of methoxy groups -OCH3 is 1. The van der Waals surface area contributed by atoms with Gasteiger partial charge in [-0.1, -0.05) is 19.1 Å². The first kappa shape index (κ1) is 19.4. The maximum atomic E-state index is 11.8. The van der Waals surface area contributed by atoms with E-state index < -0.39 is 21.7 Å². The average Bonchev–Trinajstić information content (AvgIpc) is 2.51. The van der Waals surface area contributed by atoms with Crippen LogP contribution in [0.15, 0.2) is 24.3 Å². The van der Waals surface area contributed by atoms with Gasteiger partial charge in [-0.15, -0.1) is 0 Å². The van der Waals surface area contributed by atoms with E-state index in [4.69, 9.17) is 13.7 Å². The highest BCUT2D eigenvalue weighted by Gasteiger charge is 2.34. The Kier molecular flexibility index (Phi) is 7.02. The number of benzene rings is 1. The quantitative estimate of drug-likeness (QED) is 0.389. The molecule has 0 saturated heterocycles. The lowest BCUT2D eigenvalue weighted by Crippen LogP contribution is -2.41. The van der Waals surface area contributed by atoms with Gasteiger partial charge in [0, 0.05) is 0 Å². The zero-order valence-corrected chi connectivity index (χ0v) is 14.8. The Labute approximate surface area is 137 Å². The summed E-state index contributed by atoms with van der Waals surface area (Å²) in [6.07, 6.45) is 2.81. The van der Waals surface area contributed by atoms with E-state index in [1.807, 2.05) is 19.1 Å². The van der Waals surface area contributed by atoms with Crippen molar-refractivity contribution in [2.75, 3.05) is 20.0 Å². The van der Waals surface area contributed by atoms with Crippen LogP contribution in [0.5, 0.6) is 5.75 Å². The zero-order chi connectivity index (χ0) is 17.5. The number of carbonyl (C=O) groups is 1. The Morgan fingerprint density at radius 2 is 1.83 bits per heavy atom. The van der Waals surface area contributed by atoms with Crippen molar-refractivity contribution in [3.63, 3.8) is 0 Å². The number of hydrogen-bond donors (Lipinski definition) is 0. The van der Waals surface area contributed by atoms with Crippen LogP contribution in [0.2, 0.25) is 0 Å². The van der Waals surface area contributed by atoms with Crippen LogP contribution >= 0.6 is 0 Å². The van der Waals surface area contributed by atoms with Crippen LogP contribution in [0.25, 0.3) is 0 Å². The number of aryl methyl sites for hydroxylation is 1. The Morgan fingerprint density at radius 3 is 2.30 bits per heavy atom. The third kappa shape index (κ3) is 6.58. The van der Waals surface area contributed by atoms with Crippen LogP contribution in [-0.2, 0) is 30.3 Å². The lowest BCUT2D eigenvalue weighted by molar-refractivity contribution is -0.157. The molecule has 0 radical (unpaired) electrons. The summed E-state index contributed by atoms with van der Waals surface area (Å²) in [5, 5.41) is 0. The van der Waals surface area contributed by atoms with Crippen LogP contribution in [0.4, 0.5) is 0 Å². The largest absolute Gasteiger partial charge is 0.476 e. The fourth-order valence-corrected chi connectivity index (χ4v) is 2.37. The van der Waals surface area contributed by atoms with Gasteiger partial charge in [-0.2, -0.15) is 8.42 Å². The summed E-state index contributed by atoms with van der Waals surface area (Å²) in [5.41, 5.74) is 0.0188. The second-order valence-electron chi connectivity index (χ2n) is 5.45. The Bertz CT molecular complexity index is 608. The minimum atomic E-state index is -3.38. The van der Waals surface area contributed by atoms with Gasteiger partial charge in [0.1, 0.15) is 5.75 Å². The van der Waals surface area contributed by atoms with Crippen molar-refractivity contribution >= 4 is 16.1 Å². The van der Waals surface area contributed by atoms with Crippen molar-refractivity contribution < 1.29 is 26.9 Å². The molecule has 0 spiro atoms. The first-order valence-electron chi connectivity index (χ1n) is 7.41. The van der Waals surface area contributed by atoms with Gasteiger partial charge in [0.05, 0.1) is 20.0 Å². The third-order valence-corrected chi connectivity index (χ3v) is 4.06. The summed E-state index contributed by atoms with van der Waals surface area (Å²) in [4.78, 5) is 11.8.